The number of rotatable bonds is 7. The maximum Gasteiger partial charge on any atom is 0.109 e. The minimum atomic E-state index is 0.408. The highest BCUT2D eigenvalue weighted by molar-refractivity contribution is 4.91. The highest BCUT2D eigenvalue weighted by Crippen LogP contribution is 1.94. The standard InChI is InChI=1S/C11H21N3O/c1-4-15-9-10(2)12-6-5-11-13-7-8-14(11)3/h7-8,10,12H,4-6,9H2,1-3H3. The van der Waals surface area contributed by atoms with Gasteiger partial charge in [0.05, 0.1) is 6.61 Å². The smallest absolute Gasteiger partial charge is 0.109 e. The monoisotopic (exact) mass is 211 g/mol. The molecule has 1 heterocycles. The molecule has 86 valence electrons. The minimum absolute atomic E-state index is 0.408. The van der Waals surface area contributed by atoms with E-state index < -0.39 is 0 Å². The lowest BCUT2D eigenvalue weighted by Crippen LogP contribution is -2.32. The summed E-state index contributed by atoms with van der Waals surface area (Å²) in [6.45, 7) is 6.65. The van der Waals surface area contributed by atoms with E-state index in [0.29, 0.717) is 6.04 Å². The molecule has 1 rings (SSSR count). The second kappa shape index (κ2) is 6.58. The lowest BCUT2D eigenvalue weighted by atomic mass is 10.3. The molecule has 0 aliphatic rings. The van der Waals surface area contributed by atoms with Crippen LogP contribution in [0.4, 0.5) is 0 Å². The number of imidazole rings is 1. The lowest BCUT2D eigenvalue weighted by molar-refractivity contribution is 0.127. The van der Waals surface area contributed by atoms with Gasteiger partial charge in [0.25, 0.3) is 0 Å². The van der Waals surface area contributed by atoms with Crippen molar-refractivity contribution in [3.8, 4) is 0 Å². The normalized spacial score (nSPS) is 13.0. The van der Waals surface area contributed by atoms with E-state index in [4.69, 9.17) is 4.74 Å². The van der Waals surface area contributed by atoms with Gasteiger partial charge >= 0.3 is 0 Å². The van der Waals surface area contributed by atoms with E-state index in [2.05, 4.69) is 21.8 Å². The lowest BCUT2D eigenvalue weighted by Gasteiger charge is -2.13. The van der Waals surface area contributed by atoms with Crippen LogP contribution in [0.15, 0.2) is 12.4 Å². The van der Waals surface area contributed by atoms with Crippen LogP contribution in [0.3, 0.4) is 0 Å². The molecular formula is C11H21N3O. The van der Waals surface area contributed by atoms with E-state index >= 15 is 0 Å². The molecule has 0 radical (unpaired) electrons. The van der Waals surface area contributed by atoms with E-state index in [0.717, 1.165) is 32.0 Å². The largest absolute Gasteiger partial charge is 0.380 e. The Labute approximate surface area is 91.7 Å². The summed E-state index contributed by atoms with van der Waals surface area (Å²) in [5.74, 6) is 1.12. The van der Waals surface area contributed by atoms with Crippen LogP contribution in [0.25, 0.3) is 0 Å². The molecule has 0 bridgehead atoms. The number of hydrogen-bond acceptors (Lipinski definition) is 3. The number of hydrogen-bond donors (Lipinski definition) is 1. The van der Waals surface area contributed by atoms with Gasteiger partial charge in [-0.3, -0.25) is 0 Å². The number of aromatic nitrogens is 2. The second-order valence-electron chi connectivity index (χ2n) is 3.72. The third-order valence-corrected chi connectivity index (χ3v) is 2.33. The fourth-order valence-electron chi connectivity index (χ4n) is 1.42. The Morgan fingerprint density at radius 1 is 1.60 bits per heavy atom. The highest BCUT2D eigenvalue weighted by atomic mass is 16.5. The summed E-state index contributed by atoms with van der Waals surface area (Å²) in [7, 11) is 2.02. The molecule has 0 amide bonds. The van der Waals surface area contributed by atoms with Gasteiger partial charge in [0.1, 0.15) is 5.82 Å². The van der Waals surface area contributed by atoms with Gasteiger partial charge in [0.15, 0.2) is 0 Å². The maximum absolute atomic E-state index is 5.32. The number of ether oxygens (including phenoxy) is 1. The molecule has 1 aromatic heterocycles. The van der Waals surface area contributed by atoms with Crippen LogP contribution in [0.1, 0.15) is 19.7 Å². The van der Waals surface area contributed by atoms with Crippen molar-refractivity contribution in [1.82, 2.24) is 14.9 Å². The number of nitrogens with zero attached hydrogens (tertiary/aromatic N) is 2. The Bertz CT molecular complexity index is 273. The zero-order valence-corrected chi connectivity index (χ0v) is 9.86. The predicted molar refractivity (Wildman–Crippen MR) is 60.9 cm³/mol. The molecule has 4 heteroatoms. The van der Waals surface area contributed by atoms with Gasteiger partial charge in [-0.05, 0) is 13.8 Å². The molecule has 1 atom stereocenters. The summed E-state index contributed by atoms with van der Waals surface area (Å²) in [6.07, 6.45) is 4.76. The first kappa shape index (κ1) is 12.2. The molecule has 4 nitrogen and oxygen atoms in total. The van der Waals surface area contributed by atoms with Crippen LogP contribution < -0.4 is 5.32 Å². The fourth-order valence-corrected chi connectivity index (χ4v) is 1.42. The molecule has 0 saturated heterocycles. The van der Waals surface area contributed by atoms with Crippen molar-refractivity contribution in [3.63, 3.8) is 0 Å². The topological polar surface area (TPSA) is 39.1 Å². The van der Waals surface area contributed by atoms with E-state index in [-0.39, 0.29) is 0 Å². The van der Waals surface area contributed by atoms with Gasteiger partial charge < -0.3 is 14.6 Å². The third kappa shape index (κ3) is 4.44. The summed E-state index contributed by atoms with van der Waals surface area (Å²) in [4.78, 5) is 4.27. The zero-order chi connectivity index (χ0) is 11.1. The van der Waals surface area contributed by atoms with Crippen molar-refractivity contribution in [1.29, 1.82) is 0 Å². The summed E-state index contributed by atoms with van der Waals surface area (Å²) in [6, 6.07) is 0.408. The first-order chi connectivity index (χ1) is 7.24. The summed E-state index contributed by atoms with van der Waals surface area (Å²) in [5.41, 5.74) is 0. The van der Waals surface area contributed by atoms with Crippen LogP contribution in [0, 0.1) is 0 Å². The van der Waals surface area contributed by atoms with Crippen LogP contribution in [-0.2, 0) is 18.2 Å². The van der Waals surface area contributed by atoms with Crippen molar-refractivity contribution in [2.75, 3.05) is 19.8 Å². The van der Waals surface area contributed by atoms with Crippen LogP contribution in [0.2, 0.25) is 0 Å². The quantitative estimate of drug-likeness (QED) is 0.730. The maximum atomic E-state index is 5.32. The van der Waals surface area contributed by atoms with E-state index in [1.807, 2.05) is 26.4 Å². The van der Waals surface area contributed by atoms with E-state index in [1.54, 1.807) is 0 Å². The van der Waals surface area contributed by atoms with Crippen LogP contribution >= 0.6 is 0 Å². The van der Waals surface area contributed by atoms with E-state index in [1.165, 1.54) is 0 Å². The molecule has 0 spiro atoms. The van der Waals surface area contributed by atoms with Gasteiger partial charge in [0.2, 0.25) is 0 Å². The molecule has 0 aliphatic heterocycles. The minimum Gasteiger partial charge on any atom is -0.380 e. The average molecular weight is 211 g/mol. The number of nitrogens with one attached hydrogen (secondary N) is 1. The Morgan fingerprint density at radius 2 is 2.40 bits per heavy atom. The summed E-state index contributed by atoms with van der Waals surface area (Å²) >= 11 is 0. The van der Waals surface area contributed by atoms with Crippen molar-refractivity contribution >= 4 is 0 Å². The van der Waals surface area contributed by atoms with Gasteiger partial charge in [-0.15, -0.1) is 0 Å². The first-order valence-electron chi connectivity index (χ1n) is 5.51. The molecular weight excluding hydrogens is 190 g/mol. The van der Waals surface area contributed by atoms with Crippen molar-refractivity contribution < 1.29 is 4.74 Å². The molecule has 0 aliphatic carbocycles. The van der Waals surface area contributed by atoms with Gasteiger partial charge in [-0.25, -0.2) is 4.98 Å². The molecule has 1 aromatic rings. The van der Waals surface area contributed by atoms with Crippen LogP contribution in [0.5, 0.6) is 0 Å². The predicted octanol–water partition coefficient (Wildman–Crippen LogP) is 0.977. The van der Waals surface area contributed by atoms with Crippen LogP contribution in [-0.4, -0.2) is 35.4 Å². The number of aryl methyl sites for hydroxylation is 1. The zero-order valence-electron chi connectivity index (χ0n) is 9.86. The molecule has 0 fully saturated rings. The molecule has 15 heavy (non-hydrogen) atoms. The Hall–Kier alpha value is -0.870. The van der Waals surface area contributed by atoms with Crippen molar-refractivity contribution in [2.24, 2.45) is 7.05 Å². The van der Waals surface area contributed by atoms with E-state index in [9.17, 15) is 0 Å². The molecule has 1 unspecified atom stereocenters. The third-order valence-electron chi connectivity index (χ3n) is 2.33. The average Bonchev–Trinajstić information content (AvgIpc) is 2.61. The van der Waals surface area contributed by atoms with Gasteiger partial charge in [-0.1, -0.05) is 0 Å². The Kier molecular flexibility index (Phi) is 5.36. The molecule has 0 saturated carbocycles. The summed E-state index contributed by atoms with van der Waals surface area (Å²) in [5, 5.41) is 3.40. The molecule has 0 aromatic carbocycles. The second-order valence-corrected chi connectivity index (χ2v) is 3.72. The highest BCUT2D eigenvalue weighted by Gasteiger charge is 2.02. The fraction of sp³-hybridized carbons (Fsp3) is 0.727. The molecule has 1 N–H and O–H groups in total. The van der Waals surface area contributed by atoms with Gasteiger partial charge in [-0.2, -0.15) is 0 Å². The van der Waals surface area contributed by atoms with Gasteiger partial charge in [0, 0.05) is 45.1 Å². The van der Waals surface area contributed by atoms with Crippen molar-refractivity contribution in [2.45, 2.75) is 26.3 Å². The Balaban J connectivity index is 2.13. The van der Waals surface area contributed by atoms with Crippen molar-refractivity contribution in [3.05, 3.63) is 18.2 Å². The first-order valence-corrected chi connectivity index (χ1v) is 5.51. The Morgan fingerprint density at radius 3 is 3.00 bits per heavy atom. The SMILES string of the molecule is CCOCC(C)NCCc1nccn1C. The summed E-state index contributed by atoms with van der Waals surface area (Å²) < 4.78 is 7.37.